The molecule has 2 unspecified atom stereocenters. The van der Waals surface area contributed by atoms with E-state index in [0.717, 1.165) is 34.9 Å². The minimum Gasteiger partial charge on any atom is -0.388 e. The van der Waals surface area contributed by atoms with Crippen LogP contribution in [0.4, 0.5) is 0 Å². The number of aromatic nitrogens is 1. The van der Waals surface area contributed by atoms with Crippen LogP contribution in [-0.4, -0.2) is 51.5 Å². The van der Waals surface area contributed by atoms with Crippen molar-refractivity contribution in [2.45, 2.75) is 62.6 Å². The van der Waals surface area contributed by atoms with Crippen LogP contribution in [0, 0.1) is 0 Å². The molecule has 2 aromatic carbocycles. The SMILES string of the molecule is CC(C)(N)C(=O)NC(Cc1c[nH]c2ccccc12)C(=O)N1CCC2(CC1)CC(O)c1ccccc12.Cl. The van der Waals surface area contributed by atoms with Crippen molar-refractivity contribution in [1.29, 1.82) is 0 Å². The molecule has 1 spiro atoms. The summed E-state index contributed by atoms with van der Waals surface area (Å²) in [5, 5.41) is 14.6. The zero-order valence-corrected chi connectivity index (χ0v) is 21.6. The second-order valence-corrected chi connectivity index (χ2v) is 10.7. The molecule has 2 atom stereocenters. The molecule has 0 radical (unpaired) electrons. The van der Waals surface area contributed by atoms with Gasteiger partial charge in [0.15, 0.2) is 0 Å². The zero-order valence-electron chi connectivity index (χ0n) is 20.8. The minimum atomic E-state index is -1.09. The number of aliphatic hydroxyl groups is 1. The average Bonchev–Trinajstić information content (AvgIpc) is 3.37. The summed E-state index contributed by atoms with van der Waals surface area (Å²) in [6, 6.07) is 15.4. The van der Waals surface area contributed by atoms with Crippen LogP contribution in [0.2, 0.25) is 0 Å². The molecule has 0 saturated carbocycles. The van der Waals surface area contributed by atoms with Gasteiger partial charge in [-0.1, -0.05) is 42.5 Å². The zero-order chi connectivity index (χ0) is 24.8. The number of para-hydroxylation sites is 1. The molecule has 1 aliphatic heterocycles. The Bertz CT molecular complexity index is 1260. The Hall–Kier alpha value is -2.87. The third-order valence-electron chi connectivity index (χ3n) is 7.80. The van der Waals surface area contributed by atoms with Crippen LogP contribution in [0.3, 0.4) is 0 Å². The fraction of sp³-hybridized carbons (Fsp3) is 0.429. The number of amides is 2. The van der Waals surface area contributed by atoms with E-state index in [1.807, 2.05) is 53.6 Å². The van der Waals surface area contributed by atoms with Crippen molar-refractivity contribution in [1.82, 2.24) is 15.2 Å². The van der Waals surface area contributed by atoms with Crippen LogP contribution in [0.5, 0.6) is 0 Å². The van der Waals surface area contributed by atoms with Gasteiger partial charge in [-0.25, -0.2) is 0 Å². The number of fused-ring (bicyclic) bond motifs is 3. The molecular weight excluding hydrogens is 476 g/mol. The molecule has 7 nitrogen and oxygen atoms in total. The Morgan fingerprint density at radius 1 is 1.17 bits per heavy atom. The summed E-state index contributed by atoms with van der Waals surface area (Å²) in [5.74, 6) is -0.438. The molecule has 2 amide bonds. The molecule has 1 aliphatic carbocycles. The van der Waals surface area contributed by atoms with E-state index in [2.05, 4.69) is 16.4 Å². The number of aliphatic hydroxyl groups excluding tert-OH is 1. The molecule has 3 aromatic rings. The van der Waals surface area contributed by atoms with Gasteiger partial charge in [0.05, 0.1) is 11.6 Å². The first-order valence-corrected chi connectivity index (χ1v) is 12.4. The molecule has 5 N–H and O–H groups in total. The lowest BCUT2D eigenvalue weighted by atomic mass is 9.73. The van der Waals surface area contributed by atoms with Crippen LogP contribution >= 0.6 is 12.4 Å². The molecule has 1 fully saturated rings. The van der Waals surface area contributed by atoms with Gasteiger partial charge in [-0.2, -0.15) is 0 Å². The Labute approximate surface area is 217 Å². The quantitative estimate of drug-likeness (QED) is 0.421. The summed E-state index contributed by atoms with van der Waals surface area (Å²) in [4.78, 5) is 31.7. The van der Waals surface area contributed by atoms with Crippen molar-refractivity contribution in [3.63, 3.8) is 0 Å². The van der Waals surface area contributed by atoms with E-state index in [9.17, 15) is 14.7 Å². The Balaban J connectivity index is 0.00000304. The molecule has 1 saturated heterocycles. The number of piperidine rings is 1. The van der Waals surface area contributed by atoms with Crippen LogP contribution in [0.25, 0.3) is 10.9 Å². The highest BCUT2D eigenvalue weighted by molar-refractivity contribution is 5.92. The summed E-state index contributed by atoms with van der Waals surface area (Å²) in [5.41, 5.74) is 9.07. The predicted molar refractivity (Wildman–Crippen MR) is 143 cm³/mol. The number of nitrogens with two attached hydrogens (primary N) is 1. The Kier molecular flexibility index (Phi) is 7.19. The van der Waals surface area contributed by atoms with E-state index in [1.54, 1.807) is 13.8 Å². The standard InChI is InChI=1S/C28H34N4O3.ClH/c1-27(2,29)26(35)31-23(15-18-17-30-22-10-6-4-7-19(18)22)25(34)32-13-11-28(12-14-32)16-24(33)20-8-3-5-9-21(20)28;/h3-10,17,23-24,30,33H,11-16,29H2,1-2H3,(H,31,35);1H. The lowest BCUT2D eigenvalue weighted by Gasteiger charge is -2.41. The van der Waals surface area contributed by atoms with E-state index in [4.69, 9.17) is 5.73 Å². The largest absolute Gasteiger partial charge is 0.388 e. The number of H-pyrrole nitrogens is 1. The van der Waals surface area contributed by atoms with Gasteiger partial charge in [-0.3, -0.25) is 9.59 Å². The van der Waals surface area contributed by atoms with Gasteiger partial charge in [-0.15, -0.1) is 12.4 Å². The number of hydrogen-bond donors (Lipinski definition) is 4. The van der Waals surface area contributed by atoms with Crippen molar-refractivity contribution in [2.24, 2.45) is 5.73 Å². The van der Waals surface area contributed by atoms with Gasteiger partial charge >= 0.3 is 0 Å². The minimum absolute atomic E-state index is 0. The van der Waals surface area contributed by atoms with Gasteiger partial charge < -0.3 is 26.0 Å². The van der Waals surface area contributed by atoms with Crippen LogP contribution in [0.1, 0.15) is 55.9 Å². The number of nitrogens with one attached hydrogen (secondary N) is 2. The number of hydrogen-bond acceptors (Lipinski definition) is 4. The molecule has 1 aromatic heterocycles. The second-order valence-electron chi connectivity index (χ2n) is 10.7. The monoisotopic (exact) mass is 510 g/mol. The summed E-state index contributed by atoms with van der Waals surface area (Å²) in [7, 11) is 0. The number of carbonyl (C=O) groups is 2. The average molecular weight is 511 g/mol. The highest BCUT2D eigenvalue weighted by atomic mass is 35.5. The van der Waals surface area contributed by atoms with E-state index in [0.29, 0.717) is 25.9 Å². The van der Waals surface area contributed by atoms with E-state index in [-0.39, 0.29) is 29.6 Å². The Morgan fingerprint density at radius 2 is 1.83 bits per heavy atom. The third-order valence-corrected chi connectivity index (χ3v) is 7.80. The number of benzene rings is 2. The summed E-state index contributed by atoms with van der Waals surface area (Å²) in [6.07, 6.45) is 4.13. The van der Waals surface area contributed by atoms with Gasteiger partial charge in [0.1, 0.15) is 6.04 Å². The van der Waals surface area contributed by atoms with Crippen molar-refractivity contribution in [3.05, 3.63) is 71.4 Å². The van der Waals surface area contributed by atoms with Crippen molar-refractivity contribution >= 4 is 35.1 Å². The molecule has 192 valence electrons. The number of halogens is 1. The first-order chi connectivity index (χ1) is 16.7. The normalized spacial score (nSPS) is 19.6. The highest BCUT2D eigenvalue weighted by Crippen LogP contribution is 2.50. The van der Waals surface area contributed by atoms with E-state index < -0.39 is 17.7 Å². The number of aromatic amines is 1. The van der Waals surface area contributed by atoms with Crippen LogP contribution < -0.4 is 11.1 Å². The van der Waals surface area contributed by atoms with Gasteiger partial charge in [0, 0.05) is 42.0 Å². The fourth-order valence-corrected chi connectivity index (χ4v) is 5.77. The number of nitrogens with zero attached hydrogens (tertiary/aromatic N) is 1. The molecular formula is C28H35ClN4O3. The maximum Gasteiger partial charge on any atom is 0.245 e. The molecule has 2 aliphatic rings. The maximum absolute atomic E-state index is 13.7. The van der Waals surface area contributed by atoms with E-state index >= 15 is 0 Å². The first kappa shape index (κ1) is 26.2. The van der Waals surface area contributed by atoms with Gasteiger partial charge in [0.2, 0.25) is 11.8 Å². The Morgan fingerprint density at radius 3 is 2.56 bits per heavy atom. The van der Waals surface area contributed by atoms with Crippen molar-refractivity contribution in [2.75, 3.05) is 13.1 Å². The predicted octanol–water partition coefficient (Wildman–Crippen LogP) is 3.35. The topological polar surface area (TPSA) is 111 Å². The molecule has 8 heteroatoms. The first-order valence-electron chi connectivity index (χ1n) is 12.4. The van der Waals surface area contributed by atoms with Gasteiger partial charge in [0.25, 0.3) is 0 Å². The molecule has 36 heavy (non-hydrogen) atoms. The lowest BCUT2D eigenvalue weighted by Crippen LogP contribution is -2.58. The highest BCUT2D eigenvalue weighted by Gasteiger charge is 2.46. The van der Waals surface area contributed by atoms with Crippen LogP contribution in [-0.2, 0) is 21.4 Å². The number of likely N-dealkylation sites (tertiary alicyclic amines) is 1. The number of rotatable bonds is 5. The summed E-state index contributed by atoms with van der Waals surface area (Å²) >= 11 is 0. The van der Waals surface area contributed by atoms with Crippen molar-refractivity contribution < 1.29 is 14.7 Å². The number of carbonyl (C=O) groups excluding carboxylic acids is 2. The second kappa shape index (κ2) is 9.88. The third kappa shape index (κ3) is 4.75. The summed E-state index contributed by atoms with van der Waals surface area (Å²) < 4.78 is 0. The van der Waals surface area contributed by atoms with Crippen molar-refractivity contribution in [3.8, 4) is 0 Å². The van der Waals surface area contributed by atoms with Crippen LogP contribution in [0.15, 0.2) is 54.7 Å². The van der Waals surface area contributed by atoms with E-state index in [1.165, 1.54) is 5.56 Å². The lowest BCUT2D eigenvalue weighted by molar-refractivity contribution is -0.138. The smallest absolute Gasteiger partial charge is 0.245 e. The molecule has 2 heterocycles. The van der Waals surface area contributed by atoms with Gasteiger partial charge in [-0.05, 0) is 55.9 Å². The molecule has 5 rings (SSSR count). The summed E-state index contributed by atoms with van der Waals surface area (Å²) in [6.45, 7) is 4.46. The fourth-order valence-electron chi connectivity index (χ4n) is 5.77. The maximum atomic E-state index is 13.7. The molecule has 0 bridgehead atoms.